The number of rotatable bonds is 3. The van der Waals surface area contributed by atoms with Gasteiger partial charge in [-0.15, -0.1) is 0 Å². The van der Waals surface area contributed by atoms with Crippen LogP contribution in [0.2, 0.25) is 0 Å². The Labute approximate surface area is 137 Å². The number of carbonyl (C=O) groups excluding carboxylic acids is 1. The van der Waals surface area contributed by atoms with Gasteiger partial charge in [-0.1, -0.05) is 13.8 Å². The second-order valence-corrected chi connectivity index (χ2v) is 5.17. The Hall–Kier alpha value is -2.56. The highest BCUT2D eigenvalue weighted by Gasteiger charge is 2.12. The number of carbonyl (C=O) groups is 1. The molecule has 1 saturated heterocycles. The first-order valence-electron chi connectivity index (χ1n) is 8.10. The number of aromatic nitrogens is 1. The third kappa shape index (κ3) is 4.45. The number of anilines is 3. The standard InChI is InChI=1S/C16H18N4O.C2H6/c17-15-8-3-12(11-18-15)16(21)19-13-4-6-14(7-5-13)20-9-1-2-10-20;1-2/h3-8,11H,1-2,9-10H2,(H2,17,18)(H,19,21);1-2H3. The molecule has 0 saturated carbocycles. The zero-order valence-corrected chi connectivity index (χ0v) is 13.7. The lowest BCUT2D eigenvalue weighted by Crippen LogP contribution is -2.17. The van der Waals surface area contributed by atoms with E-state index in [0.29, 0.717) is 11.4 Å². The van der Waals surface area contributed by atoms with E-state index in [9.17, 15) is 4.79 Å². The van der Waals surface area contributed by atoms with E-state index in [4.69, 9.17) is 5.73 Å². The van der Waals surface area contributed by atoms with Crippen molar-refractivity contribution in [1.82, 2.24) is 4.98 Å². The summed E-state index contributed by atoms with van der Waals surface area (Å²) in [6.07, 6.45) is 3.98. The third-order valence-electron chi connectivity index (χ3n) is 3.64. The Balaban J connectivity index is 0.000000924. The van der Waals surface area contributed by atoms with Crippen LogP contribution in [0.4, 0.5) is 17.2 Å². The number of nitrogens with one attached hydrogen (secondary N) is 1. The molecule has 0 spiro atoms. The third-order valence-corrected chi connectivity index (χ3v) is 3.64. The molecule has 1 fully saturated rings. The topological polar surface area (TPSA) is 71.2 Å². The van der Waals surface area contributed by atoms with Crippen LogP contribution in [-0.2, 0) is 0 Å². The maximum atomic E-state index is 12.1. The summed E-state index contributed by atoms with van der Waals surface area (Å²) in [5.41, 5.74) is 7.99. The van der Waals surface area contributed by atoms with Gasteiger partial charge in [-0.2, -0.15) is 0 Å². The Morgan fingerprint density at radius 2 is 1.74 bits per heavy atom. The van der Waals surface area contributed by atoms with Crippen LogP contribution in [0, 0.1) is 0 Å². The van der Waals surface area contributed by atoms with E-state index in [-0.39, 0.29) is 5.91 Å². The van der Waals surface area contributed by atoms with Crippen LogP contribution >= 0.6 is 0 Å². The van der Waals surface area contributed by atoms with Crippen LogP contribution in [0.15, 0.2) is 42.6 Å². The van der Waals surface area contributed by atoms with Crippen LogP contribution in [-0.4, -0.2) is 24.0 Å². The molecular weight excluding hydrogens is 288 g/mol. The van der Waals surface area contributed by atoms with Crippen molar-refractivity contribution in [2.24, 2.45) is 0 Å². The molecule has 3 N–H and O–H groups in total. The van der Waals surface area contributed by atoms with E-state index in [0.717, 1.165) is 18.8 Å². The minimum Gasteiger partial charge on any atom is -0.384 e. The normalized spacial score (nSPS) is 13.2. The lowest BCUT2D eigenvalue weighted by atomic mass is 10.2. The lowest BCUT2D eigenvalue weighted by Gasteiger charge is -2.17. The minimum atomic E-state index is -0.184. The highest BCUT2D eigenvalue weighted by molar-refractivity contribution is 6.04. The molecule has 1 aromatic heterocycles. The lowest BCUT2D eigenvalue weighted by molar-refractivity contribution is 0.102. The van der Waals surface area contributed by atoms with Crippen LogP contribution in [0.25, 0.3) is 0 Å². The van der Waals surface area contributed by atoms with Gasteiger partial charge in [0.2, 0.25) is 0 Å². The number of hydrogen-bond donors (Lipinski definition) is 2. The summed E-state index contributed by atoms with van der Waals surface area (Å²) in [4.78, 5) is 18.3. The highest BCUT2D eigenvalue weighted by Crippen LogP contribution is 2.22. The minimum absolute atomic E-state index is 0.184. The van der Waals surface area contributed by atoms with Crippen molar-refractivity contribution in [3.05, 3.63) is 48.2 Å². The van der Waals surface area contributed by atoms with Crippen molar-refractivity contribution in [1.29, 1.82) is 0 Å². The largest absolute Gasteiger partial charge is 0.384 e. The molecule has 5 nitrogen and oxygen atoms in total. The molecule has 0 bridgehead atoms. The molecule has 23 heavy (non-hydrogen) atoms. The molecule has 122 valence electrons. The quantitative estimate of drug-likeness (QED) is 0.909. The SMILES string of the molecule is CC.Nc1ccc(C(=O)Nc2ccc(N3CCCC3)cc2)cn1. The summed E-state index contributed by atoms with van der Waals surface area (Å²) in [5, 5.41) is 2.86. The average molecular weight is 312 g/mol. The highest BCUT2D eigenvalue weighted by atomic mass is 16.1. The number of benzene rings is 1. The number of hydrogen-bond acceptors (Lipinski definition) is 4. The number of nitrogens with zero attached hydrogens (tertiary/aromatic N) is 2. The monoisotopic (exact) mass is 312 g/mol. The molecule has 1 aliphatic rings. The number of amides is 1. The van der Waals surface area contributed by atoms with Crippen LogP contribution in [0.3, 0.4) is 0 Å². The van der Waals surface area contributed by atoms with E-state index < -0.39 is 0 Å². The second kappa shape index (κ2) is 8.17. The van der Waals surface area contributed by atoms with Crippen molar-refractivity contribution < 1.29 is 4.79 Å². The smallest absolute Gasteiger partial charge is 0.257 e. The summed E-state index contributed by atoms with van der Waals surface area (Å²) in [7, 11) is 0. The first-order chi connectivity index (χ1) is 11.2. The van der Waals surface area contributed by atoms with Gasteiger partial charge in [0.1, 0.15) is 5.82 Å². The molecule has 0 atom stereocenters. The molecule has 1 aromatic carbocycles. The molecule has 3 rings (SSSR count). The molecule has 2 aromatic rings. The summed E-state index contributed by atoms with van der Waals surface area (Å²) in [5.74, 6) is 0.220. The van der Waals surface area contributed by atoms with Crippen molar-refractivity contribution in [2.45, 2.75) is 26.7 Å². The fraction of sp³-hybridized carbons (Fsp3) is 0.333. The van der Waals surface area contributed by atoms with Crippen LogP contribution < -0.4 is 16.0 Å². The molecular formula is C18H24N4O. The Morgan fingerprint density at radius 1 is 1.09 bits per heavy atom. The Kier molecular flexibility index (Phi) is 5.97. The Morgan fingerprint density at radius 3 is 2.30 bits per heavy atom. The first-order valence-corrected chi connectivity index (χ1v) is 8.10. The van der Waals surface area contributed by atoms with Gasteiger partial charge in [0.05, 0.1) is 5.56 Å². The Bertz CT molecular complexity index is 616. The summed E-state index contributed by atoms with van der Waals surface area (Å²) in [6, 6.07) is 11.2. The molecule has 1 aliphatic heterocycles. The van der Waals surface area contributed by atoms with Gasteiger partial charge in [-0.3, -0.25) is 4.79 Å². The van der Waals surface area contributed by atoms with Crippen molar-refractivity contribution in [3.63, 3.8) is 0 Å². The van der Waals surface area contributed by atoms with E-state index in [1.54, 1.807) is 12.1 Å². The van der Waals surface area contributed by atoms with Gasteiger partial charge in [0.15, 0.2) is 0 Å². The molecule has 1 amide bonds. The zero-order chi connectivity index (χ0) is 16.7. The molecule has 5 heteroatoms. The van der Waals surface area contributed by atoms with E-state index in [1.165, 1.54) is 24.7 Å². The van der Waals surface area contributed by atoms with Crippen molar-refractivity contribution in [3.8, 4) is 0 Å². The van der Waals surface area contributed by atoms with Gasteiger partial charge >= 0.3 is 0 Å². The van der Waals surface area contributed by atoms with Crippen molar-refractivity contribution >= 4 is 23.1 Å². The first kappa shape index (κ1) is 16.8. The number of nitrogens with two attached hydrogens (primary N) is 1. The molecule has 0 aliphatic carbocycles. The van der Waals surface area contributed by atoms with Gasteiger partial charge < -0.3 is 16.0 Å². The van der Waals surface area contributed by atoms with Gasteiger partial charge in [-0.25, -0.2) is 4.98 Å². The van der Waals surface area contributed by atoms with E-state index in [2.05, 4.69) is 15.2 Å². The van der Waals surface area contributed by atoms with Gasteiger partial charge in [0, 0.05) is 30.7 Å². The van der Waals surface area contributed by atoms with E-state index >= 15 is 0 Å². The maximum absolute atomic E-state index is 12.1. The predicted molar refractivity (Wildman–Crippen MR) is 95.8 cm³/mol. The fourth-order valence-corrected chi connectivity index (χ4v) is 2.47. The summed E-state index contributed by atoms with van der Waals surface area (Å²) in [6.45, 7) is 6.23. The van der Waals surface area contributed by atoms with Gasteiger partial charge in [0.25, 0.3) is 5.91 Å². The molecule has 0 radical (unpaired) electrons. The van der Waals surface area contributed by atoms with Crippen LogP contribution in [0.5, 0.6) is 0 Å². The van der Waals surface area contributed by atoms with Gasteiger partial charge in [-0.05, 0) is 49.2 Å². The summed E-state index contributed by atoms with van der Waals surface area (Å²) < 4.78 is 0. The fourth-order valence-electron chi connectivity index (χ4n) is 2.47. The van der Waals surface area contributed by atoms with Crippen molar-refractivity contribution in [2.75, 3.05) is 29.0 Å². The number of pyridine rings is 1. The predicted octanol–water partition coefficient (Wildman–Crippen LogP) is 3.54. The zero-order valence-electron chi connectivity index (χ0n) is 13.7. The average Bonchev–Trinajstić information content (AvgIpc) is 3.12. The molecule has 0 unspecified atom stereocenters. The maximum Gasteiger partial charge on any atom is 0.257 e. The second-order valence-electron chi connectivity index (χ2n) is 5.17. The molecule has 2 heterocycles. The van der Waals surface area contributed by atoms with E-state index in [1.807, 2.05) is 38.1 Å². The number of nitrogen functional groups attached to an aromatic ring is 1. The van der Waals surface area contributed by atoms with Crippen LogP contribution in [0.1, 0.15) is 37.0 Å². The summed E-state index contributed by atoms with van der Waals surface area (Å²) >= 11 is 0.